The Kier molecular flexibility index (Phi) is 6.44. The highest BCUT2D eigenvalue weighted by Crippen LogP contribution is 2.69. The molecule has 2 atom stereocenters. The van der Waals surface area contributed by atoms with Crippen LogP contribution < -0.4 is 0 Å². The molecule has 256 valence electrons. The number of thiophene rings is 1. The SMILES string of the molecule is c1ccc(-c2ccc(-c3ccc(-c4cccc5c4-c4ccccc4C54c5ccccc5C5(c6ccccc6)c6ccccc6-c6cccc4c65)cc3)s2)cc1. The Morgan fingerprint density at radius 2 is 0.745 bits per heavy atom. The van der Waals surface area contributed by atoms with Crippen LogP contribution >= 0.6 is 11.3 Å². The van der Waals surface area contributed by atoms with Gasteiger partial charge in [0.25, 0.3) is 0 Å². The van der Waals surface area contributed by atoms with Gasteiger partial charge in [0, 0.05) is 9.75 Å². The molecule has 3 aliphatic carbocycles. The van der Waals surface area contributed by atoms with Crippen molar-refractivity contribution in [1.29, 1.82) is 0 Å². The fourth-order valence-corrected chi connectivity index (χ4v) is 11.6. The molecule has 1 heteroatoms. The second-order valence-corrected chi connectivity index (χ2v) is 16.2. The second kappa shape index (κ2) is 11.5. The second-order valence-electron chi connectivity index (χ2n) is 15.1. The molecule has 0 fully saturated rings. The predicted molar refractivity (Wildman–Crippen MR) is 229 cm³/mol. The van der Waals surface area contributed by atoms with E-state index in [1.807, 2.05) is 11.3 Å². The van der Waals surface area contributed by atoms with Crippen molar-refractivity contribution in [1.82, 2.24) is 0 Å². The van der Waals surface area contributed by atoms with Gasteiger partial charge in [0.15, 0.2) is 0 Å². The summed E-state index contributed by atoms with van der Waals surface area (Å²) >= 11 is 1.85. The first-order chi connectivity index (χ1) is 27.3. The van der Waals surface area contributed by atoms with E-state index < -0.39 is 10.8 Å². The molecule has 8 aromatic carbocycles. The van der Waals surface area contributed by atoms with E-state index in [1.165, 1.54) is 98.8 Å². The summed E-state index contributed by atoms with van der Waals surface area (Å²) in [5, 5.41) is 0. The van der Waals surface area contributed by atoms with Crippen LogP contribution in [0, 0.1) is 0 Å². The van der Waals surface area contributed by atoms with Crippen molar-refractivity contribution in [3.8, 4) is 54.3 Å². The molecule has 2 unspecified atom stereocenters. The molecule has 1 aromatic heterocycles. The highest BCUT2D eigenvalue weighted by Gasteiger charge is 2.59. The Labute approximate surface area is 325 Å². The summed E-state index contributed by atoms with van der Waals surface area (Å²) in [6, 6.07) is 77.5. The molecule has 0 saturated heterocycles. The molecule has 0 bridgehead atoms. The molecule has 3 aliphatic rings. The first kappa shape index (κ1) is 30.9. The van der Waals surface area contributed by atoms with Crippen molar-refractivity contribution in [2.75, 3.05) is 0 Å². The van der Waals surface area contributed by atoms with Crippen LogP contribution in [0.4, 0.5) is 0 Å². The monoisotopic (exact) mass is 714 g/mol. The molecule has 0 N–H and O–H groups in total. The standard InChI is InChI=1S/C54H34S/c1-3-15-36(16-4-1)49-33-34-50(55-49)37-31-29-35(30-32-37)39-21-13-27-47-51(39)42-20-8-10-24-44(42)54(47)46-26-12-11-25-45(46)53(38-17-5-2-6-18-38)43-23-9-7-19-40(43)41-22-14-28-48(54)52(41)53/h1-34H. The van der Waals surface area contributed by atoms with Gasteiger partial charge in [-0.1, -0.05) is 194 Å². The average Bonchev–Trinajstić information content (AvgIpc) is 3.96. The minimum atomic E-state index is -0.491. The third kappa shape index (κ3) is 3.96. The van der Waals surface area contributed by atoms with Crippen LogP contribution in [-0.4, -0.2) is 0 Å². The molecule has 0 radical (unpaired) electrons. The van der Waals surface area contributed by atoms with Gasteiger partial charge in [-0.15, -0.1) is 11.3 Å². The van der Waals surface area contributed by atoms with Gasteiger partial charge in [0.05, 0.1) is 10.8 Å². The summed E-state index contributed by atoms with van der Waals surface area (Å²) in [6.07, 6.45) is 0. The van der Waals surface area contributed by atoms with Crippen molar-refractivity contribution in [3.05, 3.63) is 251 Å². The topological polar surface area (TPSA) is 0 Å². The zero-order chi connectivity index (χ0) is 36.1. The van der Waals surface area contributed by atoms with Gasteiger partial charge in [0.2, 0.25) is 0 Å². The Hall–Kier alpha value is -6.54. The molecule has 0 amide bonds. The van der Waals surface area contributed by atoms with E-state index in [9.17, 15) is 0 Å². The van der Waals surface area contributed by atoms with Gasteiger partial charge >= 0.3 is 0 Å². The Bertz CT molecular complexity index is 2970. The lowest BCUT2D eigenvalue weighted by atomic mass is 9.52. The van der Waals surface area contributed by atoms with Crippen LogP contribution in [0.5, 0.6) is 0 Å². The van der Waals surface area contributed by atoms with Crippen molar-refractivity contribution >= 4 is 11.3 Å². The van der Waals surface area contributed by atoms with Gasteiger partial charge in [-0.25, -0.2) is 0 Å². The van der Waals surface area contributed by atoms with Crippen molar-refractivity contribution in [3.63, 3.8) is 0 Å². The zero-order valence-electron chi connectivity index (χ0n) is 30.0. The van der Waals surface area contributed by atoms with Crippen LogP contribution in [0.2, 0.25) is 0 Å². The van der Waals surface area contributed by atoms with E-state index >= 15 is 0 Å². The molecular weight excluding hydrogens is 681 g/mol. The third-order valence-electron chi connectivity index (χ3n) is 12.6. The van der Waals surface area contributed by atoms with E-state index in [0.29, 0.717) is 0 Å². The third-order valence-corrected chi connectivity index (χ3v) is 13.8. The average molecular weight is 715 g/mol. The van der Waals surface area contributed by atoms with Crippen LogP contribution in [0.1, 0.15) is 44.5 Å². The van der Waals surface area contributed by atoms with Crippen molar-refractivity contribution in [2.24, 2.45) is 0 Å². The molecule has 0 saturated carbocycles. The zero-order valence-corrected chi connectivity index (χ0v) is 30.9. The molecule has 55 heavy (non-hydrogen) atoms. The van der Waals surface area contributed by atoms with Crippen LogP contribution in [0.3, 0.4) is 0 Å². The van der Waals surface area contributed by atoms with E-state index in [1.54, 1.807) is 0 Å². The Balaban J connectivity index is 1.11. The van der Waals surface area contributed by atoms with Gasteiger partial charge in [0.1, 0.15) is 0 Å². The maximum Gasteiger partial charge on any atom is 0.0720 e. The summed E-state index contributed by atoms with van der Waals surface area (Å²) in [5.41, 5.74) is 20.4. The van der Waals surface area contributed by atoms with Crippen LogP contribution in [0.15, 0.2) is 206 Å². The summed E-state index contributed by atoms with van der Waals surface area (Å²) in [6.45, 7) is 0. The van der Waals surface area contributed by atoms with Gasteiger partial charge in [-0.05, 0) is 101 Å². The van der Waals surface area contributed by atoms with E-state index in [-0.39, 0.29) is 0 Å². The quantitative estimate of drug-likeness (QED) is 0.170. The Morgan fingerprint density at radius 3 is 1.45 bits per heavy atom. The molecule has 9 aromatic rings. The maximum atomic E-state index is 2.44. The number of rotatable bonds is 4. The lowest BCUT2D eigenvalue weighted by molar-refractivity contribution is 0.636. The highest BCUT2D eigenvalue weighted by atomic mass is 32.1. The molecular formula is C54H34S. The molecule has 12 rings (SSSR count). The summed E-state index contributed by atoms with van der Waals surface area (Å²) in [5.74, 6) is 0. The smallest absolute Gasteiger partial charge is 0.0720 e. The highest BCUT2D eigenvalue weighted by molar-refractivity contribution is 7.18. The number of fused-ring (bicyclic) bond motifs is 12. The normalized spacial score (nSPS) is 18.0. The number of hydrogen-bond acceptors (Lipinski definition) is 1. The predicted octanol–water partition coefficient (Wildman–Crippen LogP) is 13.8. The van der Waals surface area contributed by atoms with Gasteiger partial charge in [-0.3, -0.25) is 0 Å². The van der Waals surface area contributed by atoms with Crippen LogP contribution in [0.25, 0.3) is 54.3 Å². The lowest BCUT2D eigenvalue weighted by Crippen LogP contribution is -2.43. The summed E-state index contributed by atoms with van der Waals surface area (Å²) in [4.78, 5) is 2.58. The van der Waals surface area contributed by atoms with Crippen molar-refractivity contribution < 1.29 is 0 Å². The fourth-order valence-electron chi connectivity index (χ4n) is 10.6. The summed E-state index contributed by atoms with van der Waals surface area (Å²) < 4.78 is 0. The molecule has 0 nitrogen and oxygen atoms in total. The number of hydrogen-bond donors (Lipinski definition) is 0. The fraction of sp³-hybridized carbons (Fsp3) is 0.0370. The van der Waals surface area contributed by atoms with Crippen molar-refractivity contribution in [2.45, 2.75) is 10.8 Å². The lowest BCUT2D eigenvalue weighted by Gasteiger charge is -2.48. The first-order valence-electron chi connectivity index (χ1n) is 19.2. The first-order valence-corrected chi connectivity index (χ1v) is 20.0. The van der Waals surface area contributed by atoms with Crippen LogP contribution in [-0.2, 0) is 10.8 Å². The summed E-state index contributed by atoms with van der Waals surface area (Å²) in [7, 11) is 0. The molecule has 0 aliphatic heterocycles. The maximum absolute atomic E-state index is 2.44. The molecule has 1 spiro atoms. The minimum Gasteiger partial charge on any atom is -0.135 e. The Morgan fingerprint density at radius 1 is 0.273 bits per heavy atom. The minimum absolute atomic E-state index is 0.432. The van der Waals surface area contributed by atoms with E-state index in [2.05, 4.69) is 206 Å². The van der Waals surface area contributed by atoms with Gasteiger partial charge < -0.3 is 0 Å². The van der Waals surface area contributed by atoms with E-state index in [4.69, 9.17) is 0 Å². The van der Waals surface area contributed by atoms with E-state index in [0.717, 1.165) is 0 Å². The largest absolute Gasteiger partial charge is 0.135 e. The molecule has 1 heterocycles. The van der Waals surface area contributed by atoms with Gasteiger partial charge in [-0.2, -0.15) is 0 Å². The number of benzene rings is 8.